The second-order valence-electron chi connectivity index (χ2n) is 10.3. The molecule has 6 rings (SSSR count). The van der Waals surface area contributed by atoms with Gasteiger partial charge in [0.05, 0.1) is 38.5 Å². The molecule has 2 saturated heterocycles. The quantitative estimate of drug-likeness (QED) is 0.258. The molecule has 0 radical (unpaired) electrons. The first kappa shape index (κ1) is 24.3. The summed E-state index contributed by atoms with van der Waals surface area (Å²) in [4.78, 5) is 18.1. The monoisotopic (exact) mass is 565 g/mol. The van der Waals surface area contributed by atoms with E-state index >= 15 is 0 Å². The van der Waals surface area contributed by atoms with E-state index in [0.29, 0.717) is 66.5 Å². The summed E-state index contributed by atoms with van der Waals surface area (Å²) in [7, 11) is 0. The molecular weight excluding hydrogens is 533 g/mol. The molecule has 0 saturated carbocycles. The second-order valence-corrected chi connectivity index (χ2v) is 10.7. The van der Waals surface area contributed by atoms with Crippen molar-refractivity contribution in [1.29, 1.82) is 0 Å². The highest BCUT2D eigenvalue weighted by Gasteiger charge is 2.26. The molecule has 208 valence electrons. The summed E-state index contributed by atoms with van der Waals surface area (Å²) in [5.41, 5.74) is 2.70. The van der Waals surface area contributed by atoms with E-state index in [4.69, 9.17) is 21.1 Å². The van der Waals surface area contributed by atoms with Crippen LogP contribution in [0.15, 0.2) is 60.7 Å². The molecule has 3 aromatic carbocycles. The van der Waals surface area contributed by atoms with E-state index in [-0.39, 0.29) is 30.0 Å². The Kier molecular flexibility index (Phi) is 7.04. The molecule has 1 N–H and O–H groups in total. The van der Waals surface area contributed by atoms with E-state index in [9.17, 15) is 17.0 Å². The number of imidazole rings is 1. The summed E-state index contributed by atoms with van der Waals surface area (Å²) in [5.74, 6) is -0.375. The van der Waals surface area contributed by atoms with Crippen LogP contribution in [0.4, 0.5) is 4.39 Å². The van der Waals surface area contributed by atoms with Crippen molar-refractivity contribution < 1.29 is 26.5 Å². The van der Waals surface area contributed by atoms with Gasteiger partial charge in [-0.2, -0.15) is 0 Å². The van der Waals surface area contributed by atoms with Gasteiger partial charge < -0.3 is 19.1 Å². The molecule has 9 heteroatoms. The Morgan fingerprint density at radius 2 is 1.95 bits per heavy atom. The maximum Gasteiger partial charge on any atom is 0.335 e. The number of hydrogen-bond acceptors (Lipinski definition) is 5. The number of hydrogen-bond donors (Lipinski definition) is 1. The summed E-state index contributed by atoms with van der Waals surface area (Å²) in [6.07, 6.45) is 2.20. The van der Waals surface area contributed by atoms with E-state index in [0.717, 1.165) is 12.0 Å². The van der Waals surface area contributed by atoms with Gasteiger partial charge in [-0.3, -0.25) is 4.90 Å². The number of carboxylic acid groups (broad SMARTS) is 1. The fourth-order valence-corrected chi connectivity index (χ4v) is 5.50. The molecule has 0 spiro atoms. The van der Waals surface area contributed by atoms with E-state index in [1.807, 2.05) is 24.3 Å². The fourth-order valence-electron chi connectivity index (χ4n) is 5.35. The first-order valence-electron chi connectivity index (χ1n) is 14.5. The van der Waals surface area contributed by atoms with Crippen LogP contribution in [0.25, 0.3) is 11.0 Å². The lowest BCUT2D eigenvalue weighted by atomic mass is 9.89. The van der Waals surface area contributed by atoms with E-state index in [2.05, 4.69) is 4.98 Å². The summed E-state index contributed by atoms with van der Waals surface area (Å²) in [6.45, 7) is 0.227. The largest absolute Gasteiger partial charge is 0.489 e. The van der Waals surface area contributed by atoms with Gasteiger partial charge in [-0.05, 0) is 80.2 Å². The molecule has 2 fully saturated rings. The van der Waals surface area contributed by atoms with Crippen molar-refractivity contribution in [1.82, 2.24) is 14.5 Å². The van der Waals surface area contributed by atoms with Crippen molar-refractivity contribution in [3.63, 3.8) is 0 Å². The van der Waals surface area contributed by atoms with E-state index in [1.165, 1.54) is 12.1 Å². The van der Waals surface area contributed by atoms with Crippen LogP contribution in [0, 0.1) is 5.82 Å². The van der Waals surface area contributed by atoms with Crippen molar-refractivity contribution in [3.05, 3.63) is 94.0 Å². The molecule has 40 heavy (non-hydrogen) atoms. The maximum atomic E-state index is 14.3. The predicted octanol–water partition coefficient (Wildman–Crippen LogP) is 6.27. The van der Waals surface area contributed by atoms with Crippen LogP contribution < -0.4 is 4.74 Å². The minimum atomic E-state index is -1.89. The number of halogens is 2. The van der Waals surface area contributed by atoms with Crippen LogP contribution in [-0.2, 0) is 24.4 Å². The highest BCUT2D eigenvalue weighted by atomic mass is 35.5. The van der Waals surface area contributed by atoms with Gasteiger partial charge in [-0.15, -0.1) is 0 Å². The Labute approximate surface area is 239 Å². The smallest absolute Gasteiger partial charge is 0.335 e. The van der Waals surface area contributed by atoms with Crippen LogP contribution in [-0.4, -0.2) is 51.3 Å². The number of fused-ring (bicyclic) bond motifs is 1. The number of para-hydroxylation sites is 1. The molecule has 7 nitrogen and oxygen atoms in total. The third-order valence-corrected chi connectivity index (χ3v) is 7.92. The SMILES string of the molecule is [2H]C([2H])(c1nc2ccc(C(=O)O)cc2n1CC1CCO1)N1CCC(c2ccccc2OCc2ccc(Cl)cc2F)CC1. The molecule has 4 aromatic rings. The molecular formula is C31H31ClFN3O4. The zero-order valence-corrected chi connectivity index (χ0v) is 22.6. The molecule has 0 aliphatic carbocycles. The molecule has 1 aromatic heterocycles. The average molecular weight is 566 g/mol. The average Bonchev–Trinajstić information content (AvgIpc) is 3.33. The second kappa shape index (κ2) is 11.6. The minimum absolute atomic E-state index is 0.0611. The highest BCUT2D eigenvalue weighted by molar-refractivity contribution is 6.30. The number of carbonyl (C=O) groups is 1. The predicted molar refractivity (Wildman–Crippen MR) is 150 cm³/mol. The van der Waals surface area contributed by atoms with E-state index < -0.39 is 18.3 Å². The van der Waals surface area contributed by atoms with Gasteiger partial charge in [0.25, 0.3) is 0 Å². The Morgan fingerprint density at radius 3 is 2.67 bits per heavy atom. The lowest BCUT2D eigenvalue weighted by Gasteiger charge is -2.33. The summed E-state index contributed by atoms with van der Waals surface area (Å²) in [5, 5.41) is 9.86. The zero-order valence-electron chi connectivity index (χ0n) is 23.9. The maximum absolute atomic E-state index is 14.3. The molecule has 0 bridgehead atoms. The van der Waals surface area contributed by atoms with Gasteiger partial charge in [0, 0.05) is 17.2 Å². The lowest BCUT2D eigenvalue weighted by molar-refractivity contribution is -0.0592. The summed E-state index contributed by atoms with van der Waals surface area (Å²) < 4.78 is 46.1. The first-order chi connectivity index (χ1) is 20.2. The van der Waals surface area contributed by atoms with Crippen LogP contribution >= 0.6 is 11.6 Å². The molecule has 3 heterocycles. The molecule has 1 atom stereocenters. The molecule has 1 unspecified atom stereocenters. The highest BCUT2D eigenvalue weighted by Crippen LogP contribution is 2.35. The van der Waals surface area contributed by atoms with Gasteiger partial charge in [0.2, 0.25) is 0 Å². The Bertz CT molecular complexity index is 1620. The van der Waals surface area contributed by atoms with Crippen molar-refractivity contribution >= 4 is 28.6 Å². The topological polar surface area (TPSA) is 76.8 Å². The fraction of sp³-hybridized carbons (Fsp3) is 0.355. The molecule has 2 aliphatic rings. The Hall–Kier alpha value is -3.46. The number of benzene rings is 3. The van der Waals surface area contributed by atoms with Crippen LogP contribution in [0.5, 0.6) is 5.75 Å². The number of aromatic carboxylic acids is 1. The number of carboxylic acids is 1. The standard InChI is InChI=1S/C31H31ClFN3O4/c32-23-7-5-22(26(33)16-23)19-40-29-4-2-1-3-25(29)20-9-12-35(13-10-20)18-30-34-27-8-6-21(31(37)38)15-28(27)36(30)17-24-11-14-39-24/h1-8,15-16,20,24H,9-14,17-19H2,(H,37,38)/i18D2. The van der Waals surface area contributed by atoms with Crippen LogP contribution in [0.3, 0.4) is 0 Å². The Balaban J connectivity index is 1.20. The van der Waals surface area contributed by atoms with Crippen LogP contribution in [0.1, 0.15) is 55.2 Å². The van der Waals surface area contributed by atoms with E-state index in [1.54, 1.807) is 33.7 Å². The zero-order chi connectivity index (χ0) is 29.4. The summed E-state index contributed by atoms with van der Waals surface area (Å²) in [6, 6.07) is 16.9. The van der Waals surface area contributed by atoms with Crippen molar-refractivity contribution in [2.75, 3.05) is 19.7 Å². The van der Waals surface area contributed by atoms with Crippen molar-refractivity contribution in [2.45, 2.75) is 50.9 Å². The lowest BCUT2D eigenvalue weighted by Crippen LogP contribution is -2.35. The first-order valence-corrected chi connectivity index (χ1v) is 13.8. The number of rotatable bonds is 9. The van der Waals surface area contributed by atoms with Crippen molar-refractivity contribution in [3.8, 4) is 5.75 Å². The number of nitrogens with zero attached hydrogens (tertiary/aromatic N) is 3. The number of aromatic nitrogens is 2. The number of likely N-dealkylation sites (tertiary alicyclic amines) is 1. The van der Waals surface area contributed by atoms with Gasteiger partial charge >= 0.3 is 5.97 Å². The van der Waals surface area contributed by atoms with Gasteiger partial charge in [0.1, 0.15) is 24.0 Å². The van der Waals surface area contributed by atoms with Crippen molar-refractivity contribution in [2.24, 2.45) is 0 Å². The Morgan fingerprint density at radius 1 is 1.15 bits per heavy atom. The third-order valence-electron chi connectivity index (χ3n) is 7.68. The number of piperidine rings is 1. The summed E-state index contributed by atoms with van der Waals surface area (Å²) >= 11 is 5.88. The van der Waals surface area contributed by atoms with Gasteiger partial charge in [0.15, 0.2) is 0 Å². The number of ether oxygens (including phenoxy) is 2. The molecule has 0 amide bonds. The molecule has 2 aliphatic heterocycles. The van der Waals surface area contributed by atoms with Gasteiger partial charge in [-0.1, -0.05) is 35.9 Å². The van der Waals surface area contributed by atoms with Crippen LogP contribution in [0.2, 0.25) is 5.02 Å². The minimum Gasteiger partial charge on any atom is -0.489 e. The third kappa shape index (κ3) is 5.70. The normalized spacial score (nSPS) is 19.2. The van der Waals surface area contributed by atoms with Gasteiger partial charge in [-0.25, -0.2) is 14.2 Å².